The molecular formula is C17H14FN5O3S. The molecule has 1 aromatic heterocycles. The third-order valence-electron chi connectivity index (χ3n) is 4.35. The monoisotopic (exact) mass is 387 g/mol. The second-order valence-electron chi connectivity index (χ2n) is 6.02. The van der Waals surface area contributed by atoms with Gasteiger partial charge < -0.3 is 4.90 Å². The van der Waals surface area contributed by atoms with Crippen LogP contribution in [0.2, 0.25) is 0 Å². The number of aromatic nitrogens is 3. The predicted molar refractivity (Wildman–Crippen MR) is 96.1 cm³/mol. The summed E-state index contributed by atoms with van der Waals surface area (Å²) in [5.74, 6) is -0.648. The summed E-state index contributed by atoms with van der Waals surface area (Å²) in [5, 5.41) is 6.20. The van der Waals surface area contributed by atoms with Gasteiger partial charge in [-0.25, -0.2) is 17.8 Å². The number of hydrogen-bond acceptors (Lipinski definition) is 5. The molecule has 2 aromatic carbocycles. The lowest BCUT2D eigenvalue weighted by atomic mass is 10.1. The molecule has 8 nitrogen and oxygen atoms in total. The maximum absolute atomic E-state index is 14.3. The lowest BCUT2D eigenvalue weighted by Gasteiger charge is -2.13. The first kappa shape index (κ1) is 17.2. The van der Waals surface area contributed by atoms with E-state index in [0.717, 1.165) is 0 Å². The van der Waals surface area contributed by atoms with E-state index in [9.17, 15) is 17.6 Å². The number of likely N-dealkylation sites (N-methyl/N-ethyl adjacent to an activating group) is 1. The third-order valence-corrected chi connectivity index (χ3v) is 5.71. The second kappa shape index (κ2) is 6.16. The minimum Gasteiger partial charge on any atom is -0.315 e. The van der Waals surface area contributed by atoms with E-state index in [1.807, 2.05) is 0 Å². The number of hydrogen-bond donors (Lipinski definition) is 2. The largest absolute Gasteiger partial charge is 0.315 e. The lowest BCUT2D eigenvalue weighted by Crippen LogP contribution is -2.20. The fraction of sp³-hybridized carbons (Fsp3) is 0.118. The maximum Gasteiger partial charge on any atom is 0.261 e. The van der Waals surface area contributed by atoms with Gasteiger partial charge in [0.05, 0.1) is 22.6 Å². The summed E-state index contributed by atoms with van der Waals surface area (Å²) >= 11 is 0. The van der Waals surface area contributed by atoms with Gasteiger partial charge in [0.25, 0.3) is 10.0 Å². The Labute approximate surface area is 154 Å². The van der Waals surface area contributed by atoms with Crippen molar-refractivity contribution in [3.63, 3.8) is 0 Å². The van der Waals surface area contributed by atoms with Crippen LogP contribution in [0.25, 0.3) is 11.4 Å². The summed E-state index contributed by atoms with van der Waals surface area (Å²) in [6.45, 7) is 0. The topological polar surface area (TPSA) is 108 Å². The van der Waals surface area contributed by atoms with Gasteiger partial charge in [0.1, 0.15) is 12.1 Å². The van der Waals surface area contributed by atoms with Crippen molar-refractivity contribution in [3.05, 3.63) is 54.1 Å². The van der Waals surface area contributed by atoms with Crippen molar-refractivity contribution in [1.82, 2.24) is 15.2 Å². The molecule has 1 aliphatic rings. The maximum atomic E-state index is 14.3. The molecule has 0 unspecified atom stereocenters. The van der Waals surface area contributed by atoms with Gasteiger partial charge in [0.2, 0.25) is 5.91 Å². The molecule has 10 heteroatoms. The van der Waals surface area contributed by atoms with E-state index in [2.05, 4.69) is 19.9 Å². The number of H-pyrrole nitrogens is 1. The smallest absolute Gasteiger partial charge is 0.261 e. The normalized spacial score (nSPS) is 13.7. The first-order chi connectivity index (χ1) is 12.9. The summed E-state index contributed by atoms with van der Waals surface area (Å²) in [6.07, 6.45) is 1.34. The van der Waals surface area contributed by atoms with E-state index in [-0.39, 0.29) is 34.3 Å². The van der Waals surface area contributed by atoms with Crippen LogP contribution in [-0.4, -0.2) is 36.6 Å². The zero-order chi connectivity index (χ0) is 19.2. The van der Waals surface area contributed by atoms with Crippen LogP contribution >= 0.6 is 0 Å². The van der Waals surface area contributed by atoms with Crippen LogP contribution < -0.4 is 9.62 Å². The highest BCUT2D eigenvalue weighted by molar-refractivity contribution is 7.92. The SMILES string of the molecule is CN1C(=O)Cc2cc(S(=O)(=O)Nc3cccc(F)c3-c3ncn[nH]3)ccc21. The predicted octanol–water partition coefficient (Wildman–Crippen LogP) is 1.93. The Bertz CT molecular complexity index is 1150. The molecule has 1 aliphatic heterocycles. The van der Waals surface area contributed by atoms with Crippen LogP contribution in [0.1, 0.15) is 5.56 Å². The van der Waals surface area contributed by atoms with Gasteiger partial charge in [0, 0.05) is 12.7 Å². The molecule has 27 heavy (non-hydrogen) atoms. The molecule has 2 heterocycles. The van der Waals surface area contributed by atoms with Gasteiger partial charge >= 0.3 is 0 Å². The Kier molecular flexibility index (Phi) is 3.92. The highest BCUT2D eigenvalue weighted by Gasteiger charge is 2.27. The van der Waals surface area contributed by atoms with Crippen LogP contribution in [0.3, 0.4) is 0 Å². The number of carbonyl (C=O) groups excluding carboxylic acids is 1. The summed E-state index contributed by atoms with van der Waals surface area (Å²) in [4.78, 5) is 17.2. The van der Waals surface area contributed by atoms with Gasteiger partial charge in [0.15, 0.2) is 5.82 Å². The number of anilines is 2. The summed E-state index contributed by atoms with van der Waals surface area (Å²) in [5.41, 5.74) is 1.29. The first-order valence-corrected chi connectivity index (χ1v) is 9.42. The number of carbonyl (C=O) groups is 1. The highest BCUT2D eigenvalue weighted by Crippen LogP contribution is 2.32. The van der Waals surface area contributed by atoms with Crippen molar-refractivity contribution >= 4 is 27.3 Å². The molecule has 0 bridgehead atoms. The summed E-state index contributed by atoms with van der Waals surface area (Å²) in [6, 6.07) is 8.47. The van der Waals surface area contributed by atoms with Crippen molar-refractivity contribution < 1.29 is 17.6 Å². The van der Waals surface area contributed by atoms with E-state index < -0.39 is 15.8 Å². The number of sulfonamides is 1. The Morgan fingerprint density at radius 1 is 1.26 bits per heavy atom. The molecular weight excluding hydrogens is 373 g/mol. The van der Waals surface area contributed by atoms with Crippen molar-refractivity contribution in [3.8, 4) is 11.4 Å². The molecule has 2 N–H and O–H groups in total. The fourth-order valence-electron chi connectivity index (χ4n) is 2.99. The molecule has 1 amide bonds. The Hall–Kier alpha value is -3.27. The van der Waals surface area contributed by atoms with E-state index in [4.69, 9.17) is 0 Å². The zero-order valence-electron chi connectivity index (χ0n) is 14.1. The van der Waals surface area contributed by atoms with Crippen LogP contribution in [0, 0.1) is 5.82 Å². The number of amides is 1. The lowest BCUT2D eigenvalue weighted by molar-refractivity contribution is -0.117. The molecule has 0 saturated heterocycles. The van der Waals surface area contributed by atoms with E-state index in [0.29, 0.717) is 11.3 Å². The molecule has 0 aliphatic carbocycles. The summed E-state index contributed by atoms with van der Waals surface area (Å²) in [7, 11) is -2.37. The number of fused-ring (bicyclic) bond motifs is 1. The van der Waals surface area contributed by atoms with Crippen molar-refractivity contribution in [2.45, 2.75) is 11.3 Å². The van der Waals surface area contributed by atoms with Gasteiger partial charge in [-0.05, 0) is 35.9 Å². The van der Waals surface area contributed by atoms with Gasteiger partial charge in [-0.15, -0.1) is 0 Å². The third kappa shape index (κ3) is 2.93. The van der Waals surface area contributed by atoms with Crippen molar-refractivity contribution in [1.29, 1.82) is 0 Å². The molecule has 0 saturated carbocycles. The molecule has 0 atom stereocenters. The second-order valence-corrected chi connectivity index (χ2v) is 7.70. The number of nitrogens with one attached hydrogen (secondary N) is 2. The minimum atomic E-state index is -4.01. The highest BCUT2D eigenvalue weighted by atomic mass is 32.2. The standard InChI is InChI=1S/C17H14FN5O3S/c1-23-14-6-5-11(7-10(14)8-15(23)24)27(25,26)22-13-4-2-3-12(18)16(13)17-19-9-20-21-17/h2-7,9,22H,8H2,1H3,(H,19,20,21). The Balaban J connectivity index is 1.73. The van der Waals surface area contributed by atoms with E-state index in [1.54, 1.807) is 13.1 Å². The molecule has 4 rings (SSSR count). The van der Waals surface area contributed by atoms with Gasteiger partial charge in [-0.2, -0.15) is 5.10 Å². The molecule has 3 aromatic rings. The fourth-order valence-corrected chi connectivity index (χ4v) is 4.12. The molecule has 0 spiro atoms. The van der Waals surface area contributed by atoms with Gasteiger partial charge in [-0.1, -0.05) is 6.07 Å². The Morgan fingerprint density at radius 2 is 2.07 bits per heavy atom. The van der Waals surface area contributed by atoms with E-state index in [1.165, 1.54) is 41.6 Å². The molecule has 0 radical (unpaired) electrons. The number of nitrogens with zero attached hydrogens (tertiary/aromatic N) is 3. The quantitative estimate of drug-likeness (QED) is 0.711. The number of halogens is 1. The summed E-state index contributed by atoms with van der Waals surface area (Å²) < 4.78 is 42.3. The van der Waals surface area contributed by atoms with E-state index >= 15 is 0 Å². The van der Waals surface area contributed by atoms with Crippen molar-refractivity contribution in [2.75, 3.05) is 16.7 Å². The van der Waals surface area contributed by atoms with Crippen LogP contribution in [0.5, 0.6) is 0 Å². The average Bonchev–Trinajstić information content (AvgIpc) is 3.23. The Morgan fingerprint density at radius 3 is 2.81 bits per heavy atom. The zero-order valence-corrected chi connectivity index (χ0v) is 14.9. The van der Waals surface area contributed by atoms with Crippen LogP contribution in [0.15, 0.2) is 47.6 Å². The molecule has 0 fully saturated rings. The number of aromatic amines is 1. The minimum absolute atomic E-state index is 0.0165. The first-order valence-electron chi connectivity index (χ1n) is 7.93. The van der Waals surface area contributed by atoms with Crippen molar-refractivity contribution in [2.24, 2.45) is 0 Å². The van der Waals surface area contributed by atoms with Crippen LogP contribution in [-0.2, 0) is 21.2 Å². The number of benzene rings is 2. The average molecular weight is 387 g/mol. The van der Waals surface area contributed by atoms with Gasteiger partial charge in [-0.3, -0.25) is 14.6 Å². The number of rotatable bonds is 4. The molecule has 138 valence electrons. The van der Waals surface area contributed by atoms with Crippen LogP contribution in [0.4, 0.5) is 15.8 Å².